The predicted octanol–water partition coefficient (Wildman–Crippen LogP) is 3.78. The third-order valence-corrected chi connectivity index (χ3v) is 4.63. The normalized spacial score (nSPS) is 15.3. The molecule has 1 aliphatic rings. The Morgan fingerprint density at radius 1 is 1.04 bits per heavy atom. The van der Waals surface area contributed by atoms with E-state index in [1.165, 1.54) is 12.1 Å². The van der Waals surface area contributed by atoms with Crippen molar-refractivity contribution in [3.8, 4) is 5.75 Å². The molecule has 24 heavy (non-hydrogen) atoms. The molecule has 4 nitrogen and oxygen atoms in total. The Labute approximate surface area is 145 Å². The smallest absolute Gasteiger partial charge is 0.253 e. The number of amides is 1. The van der Waals surface area contributed by atoms with Crippen molar-refractivity contribution in [2.75, 3.05) is 13.1 Å². The standard InChI is InChI=1S/C19H18ClNO3/c20-15-6-7-17(22)16(12-15)18(23)13-8-10-21(11-9-13)19(24)14-4-2-1-3-5-14/h1-7,12-13,22H,8-11H2. The minimum Gasteiger partial charge on any atom is -0.507 e. The van der Waals surface area contributed by atoms with E-state index in [1.807, 2.05) is 18.2 Å². The second-order valence-corrected chi connectivity index (χ2v) is 6.39. The highest BCUT2D eigenvalue weighted by atomic mass is 35.5. The Balaban J connectivity index is 1.66. The Morgan fingerprint density at radius 2 is 1.71 bits per heavy atom. The average molecular weight is 344 g/mol. The highest BCUT2D eigenvalue weighted by Crippen LogP contribution is 2.28. The van der Waals surface area contributed by atoms with Crippen LogP contribution in [0, 0.1) is 5.92 Å². The number of likely N-dealkylation sites (tertiary alicyclic amines) is 1. The van der Waals surface area contributed by atoms with E-state index in [2.05, 4.69) is 0 Å². The summed E-state index contributed by atoms with van der Waals surface area (Å²) >= 11 is 5.92. The van der Waals surface area contributed by atoms with Crippen LogP contribution in [0.3, 0.4) is 0 Å². The Bertz CT molecular complexity index is 752. The van der Waals surface area contributed by atoms with Gasteiger partial charge in [-0.1, -0.05) is 29.8 Å². The molecule has 0 saturated carbocycles. The number of halogens is 1. The fourth-order valence-electron chi connectivity index (χ4n) is 3.03. The number of phenols is 1. The van der Waals surface area contributed by atoms with E-state index < -0.39 is 0 Å². The summed E-state index contributed by atoms with van der Waals surface area (Å²) < 4.78 is 0. The number of piperidine rings is 1. The van der Waals surface area contributed by atoms with Crippen molar-refractivity contribution >= 4 is 23.3 Å². The number of Topliss-reactive ketones (excluding diaryl/α,β-unsaturated/α-hetero) is 1. The van der Waals surface area contributed by atoms with Crippen molar-refractivity contribution in [3.63, 3.8) is 0 Å². The second-order valence-electron chi connectivity index (χ2n) is 5.96. The molecule has 3 rings (SSSR count). The molecular formula is C19H18ClNO3. The molecule has 1 N–H and O–H groups in total. The maximum absolute atomic E-state index is 12.6. The van der Waals surface area contributed by atoms with Gasteiger partial charge in [0.1, 0.15) is 5.75 Å². The number of nitrogens with zero attached hydrogens (tertiary/aromatic N) is 1. The third-order valence-electron chi connectivity index (χ3n) is 4.40. The van der Waals surface area contributed by atoms with Crippen LogP contribution in [-0.4, -0.2) is 34.8 Å². The van der Waals surface area contributed by atoms with Crippen LogP contribution >= 0.6 is 11.6 Å². The summed E-state index contributed by atoms with van der Waals surface area (Å²) in [6, 6.07) is 13.6. The number of hydrogen-bond donors (Lipinski definition) is 1. The molecule has 0 atom stereocenters. The molecule has 1 aliphatic heterocycles. The quantitative estimate of drug-likeness (QED) is 0.863. The van der Waals surface area contributed by atoms with Gasteiger partial charge in [0.05, 0.1) is 5.56 Å². The lowest BCUT2D eigenvalue weighted by Gasteiger charge is -2.31. The highest BCUT2D eigenvalue weighted by Gasteiger charge is 2.29. The van der Waals surface area contributed by atoms with Gasteiger partial charge in [-0.15, -0.1) is 0 Å². The van der Waals surface area contributed by atoms with Crippen LogP contribution in [0.4, 0.5) is 0 Å². The summed E-state index contributed by atoms with van der Waals surface area (Å²) in [5.41, 5.74) is 0.921. The third kappa shape index (κ3) is 3.44. The average Bonchev–Trinajstić information content (AvgIpc) is 2.63. The summed E-state index contributed by atoms with van der Waals surface area (Å²) in [6.07, 6.45) is 1.17. The van der Waals surface area contributed by atoms with Gasteiger partial charge in [0.15, 0.2) is 5.78 Å². The number of phenolic OH excluding ortho intramolecular Hbond substituents is 1. The van der Waals surface area contributed by atoms with E-state index in [0.717, 1.165) is 0 Å². The van der Waals surface area contributed by atoms with E-state index in [0.29, 0.717) is 36.5 Å². The van der Waals surface area contributed by atoms with Crippen LogP contribution in [-0.2, 0) is 0 Å². The summed E-state index contributed by atoms with van der Waals surface area (Å²) in [7, 11) is 0. The van der Waals surface area contributed by atoms with Gasteiger partial charge in [-0.2, -0.15) is 0 Å². The van der Waals surface area contributed by atoms with Gasteiger partial charge in [0, 0.05) is 29.6 Å². The van der Waals surface area contributed by atoms with E-state index in [4.69, 9.17) is 11.6 Å². The van der Waals surface area contributed by atoms with Gasteiger partial charge in [-0.05, 0) is 43.2 Å². The Morgan fingerprint density at radius 3 is 2.38 bits per heavy atom. The topological polar surface area (TPSA) is 57.6 Å². The van der Waals surface area contributed by atoms with Crippen molar-refractivity contribution in [2.24, 2.45) is 5.92 Å². The van der Waals surface area contributed by atoms with Crippen LogP contribution < -0.4 is 0 Å². The van der Waals surface area contributed by atoms with E-state index in [-0.39, 0.29) is 28.9 Å². The summed E-state index contributed by atoms with van der Waals surface area (Å²) in [4.78, 5) is 26.8. The van der Waals surface area contributed by atoms with Crippen LogP contribution in [0.2, 0.25) is 5.02 Å². The van der Waals surface area contributed by atoms with Crippen molar-refractivity contribution in [3.05, 3.63) is 64.7 Å². The largest absolute Gasteiger partial charge is 0.507 e. The van der Waals surface area contributed by atoms with Crippen molar-refractivity contribution < 1.29 is 14.7 Å². The molecule has 0 aliphatic carbocycles. The number of hydrogen-bond acceptors (Lipinski definition) is 3. The number of benzene rings is 2. The predicted molar refractivity (Wildman–Crippen MR) is 92.5 cm³/mol. The SMILES string of the molecule is O=C(c1cc(Cl)ccc1O)C1CCN(C(=O)c2ccccc2)CC1. The number of carbonyl (C=O) groups excluding carboxylic acids is 2. The fourth-order valence-corrected chi connectivity index (χ4v) is 3.21. The summed E-state index contributed by atoms with van der Waals surface area (Å²) in [5.74, 6) is -0.365. The monoisotopic (exact) mass is 343 g/mol. The van der Waals surface area contributed by atoms with Crippen LogP contribution in [0.1, 0.15) is 33.6 Å². The Kier molecular flexibility index (Phi) is 4.86. The molecule has 0 radical (unpaired) electrons. The lowest BCUT2D eigenvalue weighted by molar-refractivity contribution is 0.0649. The highest BCUT2D eigenvalue weighted by molar-refractivity contribution is 6.31. The molecule has 5 heteroatoms. The zero-order valence-corrected chi connectivity index (χ0v) is 13.9. The first-order valence-corrected chi connectivity index (χ1v) is 8.31. The first kappa shape index (κ1) is 16.5. The fraction of sp³-hybridized carbons (Fsp3) is 0.263. The number of ketones is 1. The van der Waals surface area contributed by atoms with Gasteiger partial charge >= 0.3 is 0 Å². The molecule has 0 unspecified atom stereocenters. The van der Waals surface area contributed by atoms with Gasteiger partial charge in [-0.3, -0.25) is 9.59 Å². The Hall–Kier alpha value is -2.33. The number of rotatable bonds is 3. The second kappa shape index (κ2) is 7.05. The minimum absolute atomic E-state index is 0.00731. The lowest BCUT2D eigenvalue weighted by Crippen LogP contribution is -2.40. The molecule has 0 bridgehead atoms. The minimum atomic E-state index is -0.200. The van der Waals surface area contributed by atoms with Crippen molar-refractivity contribution in [1.29, 1.82) is 0 Å². The molecular weight excluding hydrogens is 326 g/mol. The zero-order valence-electron chi connectivity index (χ0n) is 13.1. The molecule has 124 valence electrons. The zero-order chi connectivity index (χ0) is 17.1. The molecule has 1 heterocycles. The van der Waals surface area contributed by atoms with Crippen LogP contribution in [0.15, 0.2) is 48.5 Å². The van der Waals surface area contributed by atoms with E-state index >= 15 is 0 Å². The lowest BCUT2D eigenvalue weighted by atomic mass is 9.88. The maximum Gasteiger partial charge on any atom is 0.253 e. The summed E-state index contributed by atoms with van der Waals surface area (Å²) in [6.45, 7) is 1.07. The molecule has 1 saturated heterocycles. The van der Waals surface area contributed by atoms with Crippen LogP contribution in [0.5, 0.6) is 5.75 Å². The molecule has 2 aromatic carbocycles. The van der Waals surface area contributed by atoms with Crippen molar-refractivity contribution in [1.82, 2.24) is 4.90 Å². The van der Waals surface area contributed by atoms with Gasteiger partial charge < -0.3 is 10.0 Å². The number of carbonyl (C=O) groups is 2. The van der Waals surface area contributed by atoms with Crippen LogP contribution in [0.25, 0.3) is 0 Å². The van der Waals surface area contributed by atoms with Gasteiger partial charge in [0.2, 0.25) is 0 Å². The molecule has 0 aromatic heterocycles. The van der Waals surface area contributed by atoms with E-state index in [1.54, 1.807) is 23.1 Å². The van der Waals surface area contributed by atoms with Gasteiger partial charge in [0.25, 0.3) is 5.91 Å². The molecule has 2 aromatic rings. The first-order valence-electron chi connectivity index (χ1n) is 7.93. The molecule has 1 fully saturated rings. The first-order chi connectivity index (χ1) is 11.6. The van der Waals surface area contributed by atoms with Crippen molar-refractivity contribution in [2.45, 2.75) is 12.8 Å². The molecule has 0 spiro atoms. The van der Waals surface area contributed by atoms with Gasteiger partial charge in [-0.25, -0.2) is 0 Å². The molecule has 1 amide bonds. The maximum atomic E-state index is 12.6. The van der Waals surface area contributed by atoms with E-state index in [9.17, 15) is 14.7 Å². The summed E-state index contributed by atoms with van der Waals surface area (Å²) in [5, 5.41) is 10.3. The number of aromatic hydroxyl groups is 1.